The molecule has 1 aromatic carbocycles. The standard InChI is InChI=1S/C11H12F4N2O/c12-7-1-2-8(9(13)5-7)11(18)17(4-3-16)6-10(14)15/h1-2,5,10H,3-4,6,16H2. The highest BCUT2D eigenvalue weighted by Crippen LogP contribution is 2.13. The second-order valence-corrected chi connectivity index (χ2v) is 3.56. The van der Waals surface area contributed by atoms with E-state index >= 15 is 0 Å². The summed E-state index contributed by atoms with van der Waals surface area (Å²) in [5.41, 5.74) is 4.74. The number of amides is 1. The van der Waals surface area contributed by atoms with Gasteiger partial charge in [-0.25, -0.2) is 17.6 Å². The molecule has 0 aliphatic heterocycles. The monoisotopic (exact) mass is 264 g/mol. The number of benzene rings is 1. The molecule has 1 aromatic rings. The van der Waals surface area contributed by atoms with Crippen molar-refractivity contribution in [2.45, 2.75) is 6.43 Å². The summed E-state index contributed by atoms with van der Waals surface area (Å²) in [6.07, 6.45) is -2.75. The highest BCUT2D eigenvalue weighted by atomic mass is 19.3. The summed E-state index contributed by atoms with van der Waals surface area (Å²) in [5, 5.41) is 0. The van der Waals surface area contributed by atoms with Crippen LogP contribution < -0.4 is 5.73 Å². The molecule has 0 radical (unpaired) electrons. The highest BCUT2D eigenvalue weighted by Gasteiger charge is 2.21. The Bertz CT molecular complexity index is 426. The van der Waals surface area contributed by atoms with Crippen molar-refractivity contribution in [3.63, 3.8) is 0 Å². The summed E-state index contributed by atoms with van der Waals surface area (Å²) in [5.74, 6) is -2.86. The van der Waals surface area contributed by atoms with Crippen LogP contribution >= 0.6 is 0 Å². The van der Waals surface area contributed by atoms with Gasteiger partial charge in [-0.3, -0.25) is 4.79 Å². The molecular weight excluding hydrogens is 252 g/mol. The molecule has 18 heavy (non-hydrogen) atoms. The van der Waals surface area contributed by atoms with Crippen molar-refractivity contribution in [1.82, 2.24) is 4.90 Å². The minimum atomic E-state index is -2.75. The minimum Gasteiger partial charge on any atom is -0.332 e. The Morgan fingerprint density at radius 2 is 2.00 bits per heavy atom. The molecule has 2 N–H and O–H groups in total. The van der Waals surface area contributed by atoms with Crippen LogP contribution in [0, 0.1) is 11.6 Å². The van der Waals surface area contributed by atoms with Gasteiger partial charge in [0, 0.05) is 19.2 Å². The summed E-state index contributed by atoms with van der Waals surface area (Å²) < 4.78 is 50.5. The van der Waals surface area contributed by atoms with Gasteiger partial charge in [0.2, 0.25) is 0 Å². The van der Waals surface area contributed by atoms with Gasteiger partial charge in [0.15, 0.2) is 0 Å². The number of carbonyl (C=O) groups excluding carboxylic acids is 1. The van der Waals surface area contributed by atoms with Gasteiger partial charge in [0.05, 0.1) is 12.1 Å². The largest absolute Gasteiger partial charge is 0.332 e. The van der Waals surface area contributed by atoms with Crippen LogP contribution in [0.15, 0.2) is 18.2 Å². The molecule has 0 aromatic heterocycles. The maximum absolute atomic E-state index is 13.3. The fourth-order valence-corrected chi connectivity index (χ4v) is 1.43. The average molecular weight is 264 g/mol. The van der Waals surface area contributed by atoms with E-state index in [0.29, 0.717) is 6.07 Å². The van der Waals surface area contributed by atoms with Crippen molar-refractivity contribution >= 4 is 5.91 Å². The van der Waals surface area contributed by atoms with E-state index in [2.05, 4.69) is 0 Å². The molecule has 0 saturated heterocycles. The quantitative estimate of drug-likeness (QED) is 0.822. The van der Waals surface area contributed by atoms with Crippen molar-refractivity contribution in [1.29, 1.82) is 0 Å². The molecule has 0 heterocycles. The first-order chi connectivity index (χ1) is 8.45. The van der Waals surface area contributed by atoms with Crippen LogP contribution in [0.4, 0.5) is 17.6 Å². The average Bonchev–Trinajstić information content (AvgIpc) is 2.27. The Morgan fingerprint density at radius 1 is 1.33 bits per heavy atom. The number of nitrogens with two attached hydrogens (primary N) is 1. The maximum Gasteiger partial charge on any atom is 0.257 e. The number of hydrogen-bond donors (Lipinski definition) is 1. The van der Waals surface area contributed by atoms with E-state index in [0.717, 1.165) is 17.0 Å². The van der Waals surface area contributed by atoms with Gasteiger partial charge in [0.1, 0.15) is 11.6 Å². The van der Waals surface area contributed by atoms with Crippen molar-refractivity contribution in [3.8, 4) is 0 Å². The number of nitrogens with zero attached hydrogens (tertiary/aromatic N) is 1. The minimum absolute atomic E-state index is 0.0265. The van der Waals surface area contributed by atoms with E-state index in [1.54, 1.807) is 0 Å². The zero-order chi connectivity index (χ0) is 13.7. The molecule has 1 amide bonds. The smallest absolute Gasteiger partial charge is 0.257 e. The molecule has 0 aliphatic carbocycles. The lowest BCUT2D eigenvalue weighted by atomic mass is 10.1. The third kappa shape index (κ3) is 3.69. The number of rotatable bonds is 5. The Kier molecular flexibility index (Phi) is 5.08. The molecule has 0 aliphatic rings. The van der Waals surface area contributed by atoms with E-state index in [1.807, 2.05) is 0 Å². The first-order valence-electron chi connectivity index (χ1n) is 5.18. The van der Waals surface area contributed by atoms with Gasteiger partial charge in [-0.1, -0.05) is 0 Å². The maximum atomic E-state index is 13.3. The van der Waals surface area contributed by atoms with Crippen molar-refractivity contribution < 1.29 is 22.4 Å². The third-order valence-electron chi connectivity index (χ3n) is 2.21. The Balaban J connectivity index is 2.94. The van der Waals surface area contributed by atoms with Gasteiger partial charge in [-0.05, 0) is 12.1 Å². The summed E-state index contributed by atoms with van der Waals surface area (Å²) in [7, 11) is 0. The van der Waals surface area contributed by atoms with E-state index < -0.39 is 36.1 Å². The van der Waals surface area contributed by atoms with Gasteiger partial charge in [-0.2, -0.15) is 0 Å². The van der Waals surface area contributed by atoms with Crippen LogP contribution in [0.25, 0.3) is 0 Å². The van der Waals surface area contributed by atoms with Gasteiger partial charge in [-0.15, -0.1) is 0 Å². The molecule has 0 atom stereocenters. The Hall–Kier alpha value is -1.63. The number of alkyl halides is 2. The Morgan fingerprint density at radius 3 is 2.50 bits per heavy atom. The van der Waals surface area contributed by atoms with E-state index in [4.69, 9.17) is 5.73 Å². The highest BCUT2D eigenvalue weighted by molar-refractivity contribution is 5.94. The van der Waals surface area contributed by atoms with Crippen LogP contribution in [0.2, 0.25) is 0 Å². The third-order valence-corrected chi connectivity index (χ3v) is 2.21. The van der Waals surface area contributed by atoms with Crippen molar-refractivity contribution in [2.24, 2.45) is 5.73 Å². The van der Waals surface area contributed by atoms with Gasteiger partial charge >= 0.3 is 0 Å². The summed E-state index contributed by atoms with van der Waals surface area (Å²) in [6, 6.07) is 2.33. The molecule has 0 unspecified atom stereocenters. The molecule has 0 fully saturated rings. The second kappa shape index (κ2) is 6.34. The topological polar surface area (TPSA) is 46.3 Å². The van der Waals surface area contributed by atoms with E-state index in [1.165, 1.54) is 0 Å². The van der Waals surface area contributed by atoms with Crippen LogP contribution in [0.3, 0.4) is 0 Å². The first-order valence-corrected chi connectivity index (χ1v) is 5.18. The number of carbonyl (C=O) groups is 1. The molecular formula is C11H12F4N2O. The molecule has 0 spiro atoms. The first kappa shape index (κ1) is 14.4. The number of halogens is 4. The second-order valence-electron chi connectivity index (χ2n) is 3.56. The Labute approximate surface area is 101 Å². The molecule has 0 bridgehead atoms. The van der Waals surface area contributed by atoms with Crippen LogP contribution in [0.1, 0.15) is 10.4 Å². The van der Waals surface area contributed by atoms with Gasteiger partial charge in [0.25, 0.3) is 12.3 Å². The number of hydrogen-bond acceptors (Lipinski definition) is 2. The molecule has 3 nitrogen and oxygen atoms in total. The lowest BCUT2D eigenvalue weighted by Crippen LogP contribution is -2.39. The van der Waals surface area contributed by atoms with E-state index in [-0.39, 0.29) is 13.1 Å². The van der Waals surface area contributed by atoms with E-state index in [9.17, 15) is 22.4 Å². The zero-order valence-electron chi connectivity index (χ0n) is 9.38. The van der Waals surface area contributed by atoms with Gasteiger partial charge < -0.3 is 10.6 Å². The zero-order valence-corrected chi connectivity index (χ0v) is 9.38. The SMILES string of the molecule is NCCN(CC(F)F)C(=O)c1ccc(F)cc1F. The normalized spacial score (nSPS) is 10.8. The predicted octanol–water partition coefficient (Wildman–Crippen LogP) is 1.63. The summed E-state index contributed by atoms with van der Waals surface area (Å²) >= 11 is 0. The lowest BCUT2D eigenvalue weighted by Gasteiger charge is -2.21. The van der Waals surface area contributed by atoms with Crippen LogP contribution in [0.5, 0.6) is 0 Å². The molecule has 1 rings (SSSR count). The van der Waals surface area contributed by atoms with Crippen molar-refractivity contribution in [3.05, 3.63) is 35.4 Å². The predicted molar refractivity (Wildman–Crippen MR) is 57.3 cm³/mol. The molecule has 0 saturated carbocycles. The van der Waals surface area contributed by atoms with Crippen LogP contribution in [-0.2, 0) is 0 Å². The summed E-state index contributed by atoms with van der Waals surface area (Å²) in [6.45, 7) is -0.992. The van der Waals surface area contributed by atoms with Crippen molar-refractivity contribution in [2.75, 3.05) is 19.6 Å². The van der Waals surface area contributed by atoms with Crippen LogP contribution in [-0.4, -0.2) is 36.9 Å². The molecule has 7 heteroatoms. The molecule has 100 valence electrons. The summed E-state index contributed by atoms with van der Waals surface area (Å²) in [4.78, 5) is 12.5. The fraction of sp³-hybridized carbons (Fsp3) is 0.364. The fourth-order valence-electron chi connectivity index (χ4n) is 1.43. The lowest BCUT2D eigenvalue weighted by molar-refractivity contribution is 0.0559.